The Balaban J connectivity index is 1.67. The molecule has 1 aliphatic carbocycles. The summed E-state index contributed by atoms with van der Waals surface area (Å²) < 4.78 is 5.51. The highest BCUT2D eigenvalue weighted by atomic mass is 16.6. The van der Waals surface area contributed by atoms with Crippen LogP contribution in [0.15, 0.2) is 65.3 Å². The average molecular weight is 817 g/mol. The molecule has 1 fully saturated rings. The fraction of sp³-hybridized carbons (Fsp3) is 0.596. The number of nitrogens with one attached hydrogen (secondary N) is 3. The first kappa shape index (κ1) is 48.5. The lowest BCUT2D eigenvalue weighted by atomic mass is 9.88. The summed E-state index contributed by atoms with van der Waals surface area (Å²) in [5.74, 6) is -1.63. The molecule has 1 aromatic rings. The summed E-state index contributed by atoms with van der Waals surface area (Å²) in [6.07, 6.45) is 9.51. The van der Waals surface area contributed by atoms with Crippen molar-refractivity contribution in [2.75, 3.05) is 6.54 Å². The molecule has 1 aliphatic heterocycles. The molecule has 0 aromatic heterocycles. The Morgan fingerprint density at radius 2 is 1.58 bits per heavy atom. The zero-order valence-electron chi connectivity index (χ0n) is 36.8. The van der Waals surface area contributed by atoms with Crippen molar-refractivity contribution >= 4 is 41.2 Å². The minimum absolute atomic E-state index is 0.00127. The number of alkyl carbamates (subject to hydrolysis) is 1. The number of unbranched alkanes of at least 4 members (excludes halogenated alkanes) is 2. The Labute approximate surface area is 351 Å². The first-order valence-electron chi connectivity index (χ1n) is 21.4. The summed E-state index contributed by atoms with van der Waals surface area (Å²) in [6, 6.07) is 7.56. The third kappa shape index (κ3) is 16.4. The van der Waals surface area contributed by atoms with Crippen molar-refractivity contribution in [3.63, 3.8) is 0 Å². The van der Waals surface area contributed by atoms with Crippen molar-refractivity contribution in [2.24, 2.45) is 11.8 Å². The number of ketones is 3. The Morgan fingerprint density at radius 1 is 0.881 bits per heavy atom. The van der Waals surface area contributed by atoms with Gasteiger partial charge in [0.1, 0.15) is 23.5 Å². The number of Topliss-reactive ketones (excluding diaryl/α,β-unsaturated/α-hetero) is 2. The maximum Gasteiger partial charge on any atom is 0.408 e. The first-order valence-corrected chi connectivity index (χ1v) is 21.4. The average Bonchev–Trinajstić information content (AvgIpc) is 3.65. The molecule has 324 valence electrons. The van der Waals surface area contributed by atoms with E-state index in [0.29, 0.717) is 81.1 Å². The summed E-state index contributed by atoms with van der Waals surface area (Å²) in [5.41, 5.74) is 1.53. The van der Waals surface area contributed by atoms with E-state index in [4.69, 9.17) is 4.74 Å². The number of likely N-dealkylation sites (tertiary alicyclic amines) is 1. The zero-order valence-corrected chi connectivity index (χ0v) is 36.8. The standard InChI is InChI=1S/C47H68N4O8/c1-30(2)27-37(49-46(58)59-47(7,8)9)24-22-36(28-34-17-12-10-13-18-34)45(57)51-26-16-21-40(51)44(56)50-39(43(55)48-31(3)4)20-15-11-14-19-38(52)25-23-35-29-41(53)32(5)33(6)42(35)54/h10,12-13,17-18,22,24,29-31,36-37,39-40H,11,14-16,19-21,23,25-28H2,1-9H3,(H,48,55)(H,49,58)(H,50,56)/b24-22+/t36-,37-,39+,40+/m1/s1. The molecule has 4 amide bonds. The minimum Gasteiger partial charge on any atom is -0.444 e. The van der Waals surface area contributed by atoms with Crippen LogP contribution in [-0.2, 0) is 39.9 Å². The number of allylic oxidation sites excluding steroid dienone is 4. The van der Waals surface area contributed by atoms with Gasteiger partial charge in [0.2, 0.25) is 17.7 Å². The van der Waals surface area contributed by atoms with Crippen LogP contribution in [0.5, 0.6) is 0 Å². The first-order chi connectivity index (χ1) is 27.7. The van der Waals surface area contributed by atoms with Crippen LogP contribution in [0.2, 0.25) is 0 Å². The largest absolute Gasteiger partial charge is 0.444 e. The van der Waals surface area contributed by atoms with Crippen molar-refractivity contribution < 1.29 is 38.3 Å². The molecular formula is C47H68N4O8. The Kier molecular flexibility index (Phi) is 19.0. The van der Waals surface area contributed by atoms with Crippen LogP contribution in [0.1, 0.15) is 132 Å². The molecule has 1 aromatic carbocycles. The predicted octanol–water partition coefficient (Wildman–Crippen LogP) is 7.06. The summed E-state index contributed by atoms with van der Waals surface area (Å²) in [5, 5.41) is 8.81. The van der Waals surface area contributed by atoms with Crippen LogP contribution in [-0.4, -0.2) is 82.4 Å². The van der Waals surface area contributed by atoms with E-state index in [1.807, 2.05) is 56.3 Å². The van der Waals surface area contributed by atoms with Gasteiger partial charge < -0.3 is 25.6 Å². The zero-order chi connectivity index (χ0) is 43.9. The highest BCUT2D eigenvalue weighted by Gasteiger charge is 2.38. The fourth-order valence-corrected chi connectivity index (χ4v) is 7.32. The van der Waals surface area contributed by atoms with Gasteiger partial charge >= 0.3 is 6.09 Å². The van der Waals surface area contributed by atoms with Gasteiger partial charge in [-0.1, -0.05) is 69.2 Å². The number of nitrogens with zero attached hydrogens (tertiary/aromatic N) is 1. The van der Waals surface area contributed by atoms with Gasteiger partial charge in [0.15, 0.2) is 11.6 Å². The van der Waals surface area contributed by atoms with Crippen LogP contribution < -0.4 is 16.0 Å². The maximum atomic E-state index is 14.4. The minimum atomic E-state index is -0.824. The van der Waals surface area contributed by atoms with Gasteiger partial charge in [-0.2, -0.15) is 0 Å². The van der Waals surface area contributed by atoms with E-state index in [0.717, 1.165) is 5.56 Å². The molecule has 0 radical (unpaired) electrons. The molecule has 4 atom stereocenters. The highest BCUT2D eigenvalue weighted by Crippen LogP contribution is 2.25. The second-order valence-electron chi connectivity index (χ2n) is 17.7. The molecule has 12 nitrogen and oxygen atoms in total. The molecule has 2 aliphatic rings. The number of amides is 4. The lowest BCUT2D eigenvalue weighted by molar-refractivity contribution is -0.141. The Bertz CT molecular complexity index is 1750. The number of ether oxygens (including phenoxy) is 1. The second kappa shape index (κ2) is 23.1. The summed E-state index contributed by atoms with van der Waals surface area (Å²) >= 11 is 0. The molecule has 1 heterocycles. The van der Waals surface area contributed by atoms with E-state index >= 15 is 0 Å². The summed E-state index contributed by atoms with van der Waals surface area (Å²) in [7, 11) is 0. The molecule has 0 saturated carbocycles. The van der Waals surface area contributed by atoms with Gasteiger partial charge in [0.25, 0.3) is 0 Å². The predicted molar refractivity (Wildman–Crippen MR) is 229 cm³/mol. The smallest absolute Gasteiger partial charge is 0.408 e. The molecular weight excluding hydrogens is 749 g/mol. The molecule has 12 heteroatoms. The maximum absolute atomic E-state index is 14.4. The fourth-order valence-electron chi connectivity index (χ4n) is 7.32. The second-order valence-corrected chi connectivity index (χ2v) is 17.7. The van der Waals surface area contributed by atoms with E-state index in [9.17, 15) is 33.6 Å². The van der Waals surface area contributed by atoms with Gasteiger partial charge in [-0.25, -0.2) is 4.79 Å². The third-order valence-corrected chi connectivity index (χ3v) is 10.5. The van der Waals surface area contributed by atoms with Crippen LogP contribution in [0.25, 0.3) is 0 Å². The van der Waals surface area contributed by atoms with Crippen molar-refractivity contribution in [1.29, 1.82) is 0 Å². The quantitative estimate of drug-likeness (QED) is 0.0674. The van der Waals surface area contributed by atoms with E-state index < -0.39 is 29.7 Å². The molecule has 0 bridgehead atoms. The number of carbonyl (C=O) groups is 7. The molecule has 0 unspecified atom stereocenters. The number of rotatable bonds is 21. The molecule has 59 heavy (non-hydrogen) atoms. The van der Waals surface area contributed by atoms with Gasteiger partial charge in [0, 0.05) is 42.1 Å². The van der Waals surface area contributed by atoms with Crippen LogP contribution >= 0.6 is 0 Å². The topological polar surface area (TPSA) is 168 Å². The molecule has 1 saturated heterocycles. The van der Waals surface area contributed by atoms with Gasteiger partial charge in [-0.05, 0) is 111 Å². The van der Waals surface area contributed by atoms with Crippen molar-refractivity contribution in [1.82, 2.24) is 20.9 Å². The molecule has 0 spiro atoms. The van der Waals surface area contributed by atoms with Crippen LogP contribution in [0.3, 0.4) is 0 Å². The summed E-state index contributed by atoms with van der Waals surface area (Å²) in [6.45, 7) is 16.9. The van der Waals surface area contributed by atoms with Crippen LogP contribution in [0, 0.1) is 11.8 Å². The number of carbonyl (C=O) groups excluding carboxylic acids is 7. The third-order valence-electron chi connectivity index (χ3n) is 10.5. The van der Waals surface area contributed by atoms with E-state index in [1.54, 1.807) is 39.5 Å². The molecule has 3 N–H and O–H groups in total. The van der Waals surface area contributed by atoms with E-state index in [1.165, 1.54) is 6.08 Å². The summed E-state index contributed by atoms with van der Waals surface area (Å²) in [4.78, 5) is 93.4. The number of hydrogen-bond acceptors (Lipinski definition) is 8. The number of benzene rings is 1. The Morgan fingerprint density at radius 3 is 2.22 bits per heavy atom. The Hall–Kier alpha value is -4.87. The lowest BCUT2D eigenvalue weighted by Gasteiger charge is -2.29. The number of hydrogen-bond donors (Lipinski definition) is 3. The monoisotopic (exact) mass is 817 g/mol. The highest BCUT2D eigenvalue weighted by molar-refractivity contribution is 6.22. The van der Waals surface area contributed by atoms with Crippen molar-refractivity contribution in [3.05, 3.63) is 70.8 Å². The van der Waals surface area contributed by atoms with Crippen molar-refractivity contribution in [3.8, 4) is 0 Å². The van der Waals surface area contributed by atoms with E-state index in [-0.39, 0.29) is 65.9 Å². The SMILES string of the molecule is CC1=C(C)C(=O)C(CCC(=O)CCCCC[C@H](NC(=O)[C@@H]2CCCN2C(=O)[C@H](/C=C/[C@H](CC(C)C)NC(=O)OC(C)(C)C)Cc2ccccc2)C(=O)NC(C)C)=CC1=O. The van der Waals surface area contributed by atoms with Gasteiger partial charge in [-0.3, -0.25) is 28.8 Å². The van der Waals surface area contributed by atoms with E-state index in [2.05, 4.69) is 29.8 Å². The van der Waals surface area contributed by atoms with Crippen LogP contribution in [0.4, 0.5) is 4.79 Å². The van der Waals surface area contributed by atoms with Crippen molar-refractivity contribution in [2.45, 2.75) is 163 Å². The van der Waals surface area contributed by atoms with Gasteiger partial charge in [-0.15, -0.1) is 0 Å². The molecule has 3 rings (SSSR count). The lowest BCUT2D eigenvalue weighted by Crippen LogP contribution is -2.54. The van der Waals surface area contributed by atoms with Gasteiger partial charge in [0.05, 0.1) is 12.0 Å². The normalized spacial score (nSPS) is 17.6.